The van der Waals surface area contributed by atoms with Gasteiger partial charge < -0.3 is 9.64 Å². The van der Waals surface area contributed by atoms with Gasteiger partial charge in [0.05, 0.1) is 23.7 Å². The van der Waals surface area contributed by atoms with Gasteiger partial charge in [0, 0.05) is 23.7 Å². The second-order valence-corrected chi connectivity index (χ2v) is 5.21. The number of amides is 1. The summed E-state index contributed by atoms with van der Waals surface area (Å²) in [4.78, 5) is 24.6. The van der Waals surface area contributed by atoms with Gasteiger partial charge in [0.25, 0.3) is 11.6 Å². The van der Waals surface area contributed by atoms with Gasteiger partial charge in [0.1, 0.15) is 0 Å². The molecule has 6 nitrogen and oxygen atoms in total. The number of nitro benzene ring substituents is 1. The number of aryl methyl sites for hydroxylation is 1. The Balaban J connectivity index is 2.24. The fourth-order valence-electron chi connectivity index (χ4n) is 2.35. The second-order valence-electron chi connectivity index (χ2n) is 5.21. The standard InChI is InChI=1S/C14H18N2O4/c1-9-6-12(4-5-13(9)16(18)19)14(17)15-7-11(3)20-8-10(15)2/h4-6,10-11H,7-8H2,1-3H3. The van der Waals surface area contributed by atoms with E-state index in [9.17, 15) is 14.9 Å². The zero-order valence-corrected chi connectivity index (χ0v) is 11.8. The van der Waals surface area contributed by atoms with Crippen molar-refractivity contribution in [1.29, 1.82) is 0 Å². The summed E-state index contributed by atoms with van der Waals surface area (Å²) in [6, 6.07) is 4.49. The van der Waals surface area contributed by atoms with Crippen LogP contribution in [0.1, 0.15) is 29.8 Å². The van der Waals surface area contributed by atoms with Gasteiger partial charge in [-0.25, -0.2) is 0 Å². The molecule has 0 aromatic heterocycles. The number of nitro groups is 1. The Bertz CT molecular complexity index is 544. The number of hydrogen-bond acceptors (Lipinski definition) is 4. The molecule has 108 valence electrons. The van der Waals surface area contributed by atoms with Crippen molar-refractivity contribution in [3.8, 4) is 0 Å². The van der Waals surface area contributed by atoms with Gasteiger partial charge in [-0.3, -0.25) is 14.9 Å². The predicted molar refractivity (Wildman–Crippen MR) is 73.7 cm³/mol. The summed E-state index contributed by atoms with van der Waals surface area (Å²) < 4.78 is 5.50. The molecule has 1 fully saturated rings. The highest BCUT2D eigenvalue weighted by atomic mass is 16.6. The summed E-state index contributed by atoms with van der Waals surface area (Å²) in [6.45, 7) is 6.55. The molecule has 0 spiro atoms. The van der Waals surface area contributed by atoms with Crippen LogP contribution in [-0.4, -0.2) is 41.0 Å². The highest BCUT2D eigenvalue weighted by Crippen LogP contribution is 2.21. The van der Waals surface area contributed by atoms with Crippen molar-refractivity contribution in [2.75, 3.05) is 13.2 Å². The van der Waals surface area contributed by atoms with Gasteiger partial charge in [-0.1, -0.05) is 0 Å². The maximum absolute atomic E-state index is 12.5. The van der Waals surface area contributed by atoms with Crippen molar-refractivity contribution in [1.82, 2.24) is 4.90 Å². The summed E-state index contributed by atoms with van der Waals surface area (Å²) in [5.74, 6) is -0.106. The predicted octanol–water partition coefficient (Wildman–Crippen LogP) is 2.15. The van der Waals surface area contributed by atoms with E-state index in [0.29, 0.717) is 24.3 Å². The molecule has 1 heterocycles. The fourth-order valence-corrected chi connectivity index (χ4v) is 2.35. The molecule has 0 radical (unpaired) electrons. The molecule has 1 aliphatic rings. The number of morpholine rings is 1. The lowest BCUT2D eigenvalue weighted by molar-refractivity contribution is -0.385. The molecule has 1 aromatic carbocycles. The average molecular weight is 278 g/mol. The Kier molecular flexibility index (Phi) is 4.04. The Labute approximate surface area is 117 Å². The van der Waals surface area contributed by atoms with E-state index in [1.165, 1.54) is 12.1 Å². The lowest BCUT2D eigenvalue weighted by atomic mass is 10.1. The van der Waals surface area contributed by atoms with Crippen LogP contribution < -0.4 is 0 Å². The number of carbonyl (C=O) groups is 1. The summed E-state index contributed by atoms with van der Waals surface area (Å²) in [5, 5.41) is 10.8. The number of hydrogen-bond donors (Lipinski definition) is 0. The highest BCUT2D eigenvalue weighted by molar-refractivity contribution is 5.95. The number of rotatable bonds is 2. The van der Waals surface area contributed by atoms with Crippen molar-refractivity contribution >= 4 is 11.6 Å². The third-order valence-electron chi connectivity index (χ3n) is 3.51. The van der Waals surface area contributed by atoms with E-state index in [-0.39, 0.29) is 23.7 Å². The van der Waals surface area contributed by atoms with Gasteiger partial charge in [0.2, 0.25) is 0 Å². The van der Waals surface area contributed by atoms with E-state index in [0.717, 1.165) is 0 Å². The van der Waals surface area contributed by atoms with E-state index in [1.807, 2.05) is 13.8 Å². The van der Waals surface area contributed by atoms with Gasteiger partial charge in [0.15, 0.2) is 0 Å². The van der Waals surface area contributed by atoms with Crippen LogP contribution in [0, 0.1) is 17.0 Å². The zero-order valence-electron chi connectivity index (χ0n) is 11.8. The van der Waals surface area contributed by atoms with Crippen LogP contribution in [0.25, 0.3) is 0 Å². The number of ether oxygens (including phenoxy) is 1. The van der Waals surface area contributed by atoms with Crippen LogP contribution >= 0.6 is 0 Å². The van der Waals surface area contributed by atoms with Gasteiger partial charge in [-0.15, -0.1) is 0 Å². The van der Waals surface area contributed by atoms with Crippen LogP contribution in [0.15, 0.2) is 18.2 Å². The van der Waals surface area contributed by atoms with Gasteiger partial charge in [-0.05, 0) is 32.9 Å². The first kappa shape index (κ1) is 14.5. The van der Waals surface area contributed by atoms with Crippen LogP contribution in [0.4, 0.5) is 5.69 Å². The first-order chi connectivity index (χ1) is 9.40. The third kappa shape index (κ3) is 2.80. The molecule has 1 saturated heterocycles. The molecule has 2 unspecified atom stereocenters. The third-order valence-corrected chi connectivity index (χ3v) is 3.51. The summed E-state index contributed by atoms with van der Waals surface area (Å²) >= 11 is 0. The lowest BCUT2D eigenvalue weighted by Gasteiger charge is -2.36. The lowest BCUT2D eigenvalue weighted by Crippen LogP contribution is -2.50. The first-order valence-corrected chi connectivity index (χ1v) is 6.57. The second kappa shape index (κ2) is 5.58. The van der Waals surface area contributed by atoms with Crippen molar-refractivity contribution in [3.05, 3.63) is 39.4 Å². The maximum atomic E-state index is 12.5. The Hall–Kier alpha value is -1.95. The normalized spacial score (nSPS) is 22.6. The van der Waals surface area contributed by atoms with E-state index in [4.69, 9.17) is 4.74 Å². The van der Waals surface area contributed by atoms with E-state index >= 15 is 0 Å². The van der Waals surface area contributed by atoms with Crippen molar-refractivity contribution in [2.45, 2.75) is 32.9 Å². The van der Waals surface area contributed by atoms with E-state index in [1.54, 1.807) is 17.9 Å². The van der Waals surface area contributed by atoms with Gasteiger partial charge in [-0.2, -0.15) is 0 Å². The molecule has 2 rings (SSSR count). The van der Waals surface area contributed by atoms with E-state index in [2.05, 4.69) is 0 Å². The maximum Gasteiger partial charge on any atom is 0.272 e. The minimum absolute atomic E-state index is 0.00852. The molecular weight excluding hydrogens is 260 g/mol. The Morgan fingerprint density at radius 3 is 2.75 bits per heavy atom. The highest BCUT2D eigenvalue weighted by Gasteiger charge is 2.28. The Morgan fingerprint density at radius 1 is 1.45 bits per heavy atom. The number of benzene rings is 1. The van der Waals surface area contributed by atoms with Gasteiger partial charge >= 0.3 is 0 Å². The summed E-state index contributed by atoms with van der Waals surface area (Å²) in [7, 11) is 0. The molecule has 2 atom stereocenters. The van der Waals surface area contributed by atoms with Crippen molar-refractivity contribution in [3.63, 3.8) is 0 Å². The quantitative estimate of drug-likeness (QED) is 0.613. The topological polar surface area (TPSA) is 72.7 Å². The number of carbonyl (C=O) groups excluding carboxylic acids is 1. The van der Waals surface area contributed by atoms with Crippen molar-refractivity contribution in [2.24, 2.45) is 0 Å². The van der Waals surface area contributed by atoms with E-state index < -0.39 is 4.92 Å². The first-order valence-electron chi connectivity index (χ1n) is 6.57. The fraction of sp³-hybridized carbons (Fsp3) is 0.500. The number of nitrogens with zero attached hydrogens (tertiary/aromatic N) is 2. The molecule has 1 aliphatic heterocycles. The average Bonchev–Trinajstić information content (AvgIpc) is 2.40. The summed E-state index contributed by atoms with van der Waals surface area (Å²) in [5.41, 5.74) is 1.01. The molecule has 6 heteroatoms. The minimum atomic E-state index is -0.441. The molecule has 0 saturated carbocycles. The van der Waals surface area contributed by atoms with Crippen LogP contribution in [-0.2, 0) is 4.74 Å². The minimum Gasteiger partial charge on any atom is -0.375 e. The molecule has 1 amide bonds. The smallest absolute Gasteiger partial charge is 0.272 e. The largest absolute Gasteiger partial charge is 0.375 e. The molecule has 0 bridgehead atoms. The molecule has 20 heavy (non-hydrogen) atoms. The molecule has 0 N–H and O–H groups in total. The SMILES string of the molecule is Cc1cc(C(=O)N2CC(C)OCC2C)ccc1[N+](=O)[O-]. The van der Waals surface area contributed by atoms with Crippen molar-refractivity contribution < 1.29 is 14.5 Å². The molecular formula is C14H18N2O4. The van der Waals surface area contributed by atoms with Crippen LogP contribution in [0.3, 0.4) is 0 Å². The summed E-state index contributed by atoms with van der Waals surface area (Å²) in [6.07, 6.45) is 0.00861. The molecule has 1 aromatic rings. The monoisotopic (exact) mass is 278 g/mol. The van der Waals surface area contributed by atoms with Crippen LogP contribution in [0.2, 0.25) is 0 Å². The Morgan fingerprint density at radius 2 is 2.15 bits per heavy atom. The zero-order chi connectivity index (χ0) is 14.9. The van der Waals surface area contributed by atoms with Crippen LogP contribution in [0.5, 0.6) is 0 Å². The molecule has 0 aliphatic carbocycles.